The van der Waals surface area contributed by atoms with E-state index in [-0.39, 0.29) is 18.0 Å². The molecular formula is C8H12O4. The number of carboxylic acid groups (broad SMARTS) is 1. The van der Waals surface area contributed by atoms with Crippen LogP contribution < -0.4 is 0 Å². The molecule has 4 nitrogen and oxygen atoms in total. The minimum atomic E-state index is -1.11. The quantitative estimate of drug-likeness (QED) is 0.601. The zero-order valence-corrected chi connectivity index (χ0v) is 7.00. The summed E-state index contributed by atoms with van der Waals surface area (Å²) in [6.45, 7) is 1.45. The summed E-state index contributed by atoms with van der Waals surface area (Å²) in [5, 5.41) is 8.20. The first-order valence-corrected chi connectivity index (χ1v) is 3.75. The highest BCUT2D eigenvalue weighted by molar-refractivity contribution is 5.94. The SMILES string of the molecule is CC(=O)CCCC(=O)CC(=O)O. The molecule has 12 heavy (non-hydrogen) atoms. The molecule has 0 amide bonds. The Balaban J connectivity index is 3.44. The van der Waals surface area contributed by atoms with E-state index in [0.717, 1.165) is 0 Å². The Labute approximate surface area is 70.6 Å². The van der Waals surface area contributed by atoms with Crippen LogP contribution in [0.2, 0.25) is 0 Å². The van der Waals surface area contributed by atoms with E-state index in [1.807, 2.05) is 0 Å². The zero-order chi connectivity index (χ0) is 9.56. The lowest BCUT2D eigenvalue weighted by atomic mass is 10.1. The highest BCUT2D eigenvalue weighted by Gasteiger charge is 2.07. The fourth-order valence-corrected chi connectivity index (χ4v) is 0.792. The Morgan fingerprint density at radius 1 is 1.17 bits per heavy atom. The maximum atomic E-state index is 10.7. The van der Waals surface area contributed by atoms with Gasteiger partial charge < -0.3 is 9.90 Å². The van der Waals surface area contributed by atoms with Crippen LogP contribution in [0.15, 0.2) is 0 Å². The maximum Gasteiger partial charge on any atom is 0.310 e. The van der Waals surface area contributed by atoms with Crippen LogP contribution in [0.5, 0.6) is 0 Å². The van der Waals surface area contributed by atoms with E-state index in [9.17, 15) is 14.4 Å². The molecule has 0 radical (unpaired) electrons. The molecule has 4 heteroatoms. The number of Topliss-reactive ketones (excluding diaryl/α,β-unsaturated/α-hetero) is 2. The molecule has 0 aliphatic carbocycles. The Bertz CT molecular complexity index is 195. The van der Waals surface area contributed by atoms with Gasteiger partial charge in [0.15, 0.2) is 0 Å². The third-order valence-corrected chi connectivity index (χ3v) is 1.33. The zero-order valence-electron chi connectivity index (χ0n) is 7.00. The highest BCUT2D eigenvalue weighted by atomic mass is 16.4. The molecule has 0 fully saturated rings. The first-order valence-electron chi connectivity index (χ1n) is 3.75. The molecule has 0 saturated heterocycles. The summed E-state index contributed by atoms with van der Waals surface area (Å²) in [6.07, 6.45) is 0.566. The molecule has 0 saturated carbocycles. The van der Waals surface area contributed by atoms with Gasteiger partial charge in [-0.05, 0) is 13.3 Å². The molecule has 0 atom stereocenters. The van der Waals surface area contributed by atoms with Crippen molar-refractivity contribution < 1.29 is 19.5 Å². The number of carbonyl (C=O) groups is 3. The highest BCUT2D eigenvalue weighted by Crippen LogP contribution is 1.99. The molecule has 0 aliphatic rings. The van der Waals surface area contributed by atoms with Crippen LogP contribution in [0.1, 0.15) is 32.6 Å². The molecule has 0 aromatic rings. The second-order valence-electron chi connectivity index (χ2n) is 2.66. The van der Waals surface area contributed by atoms with E-state index >= 15 is 0 Å². The lowest BCUT2D eigenvalue weighted by Crippen LogP contribution is -2.06. The van der Waals surface area contributed by atoms with Gasteiger partial charge in [-0.3, -0.25) is 9.59 Å². The number of carboxylic acids is 1. The summed E-state index contributed by atoms with van der Waals surface area (Å²) in [5.41, 5.74) is 0. The second kappa shape index (κ2) is 5.46. The predicted octanol–water partition coefficient (Wildman–Crippen LogP) is 0.789. The van der Waals surface area contributed by atoms with E-state index in [4.69, 9.17) is 5.11 Å². The topological polar surface area (TPSA) is 71.4 Å². The molecule has 0 unspecified atom stereocenters. The van der Waals surface area contributed by atoms with Gasteiger partial charge in [0.05, 0.1) is 0 Å². The monoisotopic (exact) mass is 172 g/mol. The minimum Gasteiger partial charge on any atom is -0.481 e. The van der Waals surface area contributed by atoms with E-state index < -0.39 is 12.4 Å². The summed E-state index contributed by atoms with van der Waals surface area (Å²) in [6, 6.07) is 0. The predicted molar refractivity (Wildman–Crippen MR) is 41.8 cm³/mol. The summed E-state index contributed by atoms with van der Waals surface area (Å²) < 4.78 is 0. The average molecular weight is 172 g/mol. The van der Waals surface area contributed by atoms with Gasteiger partial charge in [0.25, 0.3) is 0 Å². The van der Waals surface area contributed by atoms with Crippen molar-refractivity contribution in [1.82, 2.24) is 0 Å². The van der Waals surface area contributed by atoms with Crippen LogP contribution >= 0.6 is 0 Å². The summed E-state index contributed by atoms with van der Waals surface area (Å²) in [7, 11) is 0. The van der Waals surface area contributed by atoms with E-state index in [1.165, 1.54) is 6.92 Å². The molecule has 0 spiro atoms. The molecule has 0 rings (SSSR count). The average Bonchev–Trinajstić information content (AvgIpc) is 1.84. The van der Waals surface area contributed by atoms with Crippen molar-refractivity contribution >= 4 is 17.5 Å². The normalized spacial score (nSPS) is 9.42. The molecule has 0 aromatic heterocycles. The lowest BCUT2D eigenvalue weighted by molar-refractivity contribution is -0.140. The number of hydrogen-bond donors (Lipinski definition) is 1. The molecule has 1 N–H and O–H groups in total. The van der Waals surface area contributed by atoms with Gasteiger partial charge >= 0.3 is 5.97 Å². The van der Waals surface area contributed by atoms with Crippen molar-refractivity contribution in [2.75, 3.05) is 0 Å². The Kier molecular flexibility index (Phi) is 4.92. The Morgan fingerprint density at radius 2 is 1.75 bits per heavy atom. The van der Waals surface area contributed by atoms with Crippen LogP contribution in [-0.4, -0.2) is 22.6 Å². The van der Waals surface area contributed by atoms with Crippen LogP contribution in [-0.2, 0) is 14.4 Å². The number of hydrogen-bond acceptors (Lipinski definition) is 3. The smallest absolute Gasteiger partial charge is 0.310 e. The van der Waals surface area contributed by atoms with Gasteiger partial charge in [-0.1, -0.05) is 0 Å². The Morgan fingerprint density at radius 3 is 2.17 bits per heavy atom. The van der Waals surface area contributed by atoms with Gasteiger partial charge in [-0.2, -0.15) is 0 Å². The van der Waals surface area contributed by atoms with Crippen molar-refractivity contribution in [3.8, 4) is 0 Å². The second-order valence-corrected chi connectivity index (χ2v) is 2.66. The molecular weight excluding hydrogens is 160 g/mol. The Hall–Kier alpha value is -1.19. The number of rotatable bonds is 6. The molecule has 0 bridgehead atoms. The third-order valence-electron chi connectivity index (χ3n) is 1.33. The van der Waals surface area contributed by atoms with Crippen LogP contribution in [0.4, 0.5) is 0 Å². The largest absolute Gasteiger partial charge is 0.481 e. The van der Waals surface area contributed by atoms with Crippen molar-refractivity contribution in [3.63, 3.8) is 0 Å². The lowest BCUT2D eigenvalue weighted by Gasteiger charge is -1.95. The molecule has 0 aromatic carbocycles. The van der Waals surface area contributed by atoms with Gasteiger partial charge in [0.1, 0.15) is 18.0 Å². The fourth-order valence-electron chi connectivity index (χ4n) is 0.792. The molecule has 0 aliphatic heterocycles. The van der Waals surface area contributed by atoms with Gasteiger partial charge in [-0.15, -0.1) is 0 Å². The first-order chi connectivity index (χ1) is 5.52. The number of aliphatic carboxylic acids is 1. The van der Waals surface area contributed by atoms with Crippen molar-refractivity contribution in [1.29, 1.82) is 0 Å². The third kappa shape index (κ3) is 6.92. The van der Waals surface area contributed by atoms with Crippen LogP contribution in [0.25, 0.3) is 0 Å². The first kappa shape index (κ1) is 10.8. The van der Waals surface area contributed by atoms with E-state index in [0.29, 0.717) is 12.8 Å². The van der Waals surface area contributed by atoms with Gasteiger partial charge in [0, 0.05) is 12.8 Å². The standard InChI is InChI=1S/C8H12O4/c1-6(9)3-2-4-7(10)5-8(11)12/h2-5H2,1H3,(H,11,12). The molecule has 68 valence electrons. The van der Waals surface area contributed by atoms with Crippen LogP contribution in [0.3, 0.4) is 0 Å². The van der Waals surface area contributed by atoms with E-state index in [2.05, 4.69) is 0 Å². The minimum absolute atomic E-state index is 0.0260. The summed E-state index contributed by atoms with van der Waals surface area (Å²) in [4.78, 5) is 31.2. The number of ketones is 2. The summed E-state index contributed by atoms with van der Waals surface area (Å²) >= 11 is 0. The van der Waals surface area contributed by atoms with Crippen molar-refractivity contribution in [3.05, 3.63) is 0 Å². The van der Waals surface area contributed by atoms with Crippen LogP contribution in [0, 0.1) is 0 Å². The van der Waals surface area contributed by atoms with Crippen molar-refractivity contribution in [2.45, 2.75) is 32.6 Å². The fraction of sp³-hybridized carbons (Fsp3) is 0.625. The summed E-state index contributed by atoms with van der Waals surface area (Å²) in [5.74, 6) is -1.40. The maximum absolute atomic E-state index is 10.7. The van der Waals surface area contributed by atoms with E-state index in [1.54, 1.807) is 0 Å². The number of carbonyl (C=O) groups excluding carboxylic acids is 2. The van der Waals surface area contributed by atoms with Gasteiger partial charge in [0.2, 0.25) is 0 Å². The van der Waals surface area contributed by atoms with Gasteiger partial charge in [-0.25, -0.2) is 0 Å². The molecule has 0 heterocycles. The van der Waals surface area contributed by atoms with Crippen molar-refractivity contribution in [2.24, 2.45) is 0 Å².